The van der Waals surface area contributed by atoms with Gasteiger partial charge in [-0.3, -0.25) is 4.79 Å². The Morgan fingerprint density at radius 1 is 1.40 bits per heavy atom. The van der Waals surface area contributed by atoms with Crippen molar-refractivity contribution < 1.29 is 4.79 Å². The quantitative estimate of drug-likeness (QED) is 0.574. The summed E-state index contributed by atoms with van der Waals surface area (Å²) in [4.78, 5) is 10.6. The van der Waals surface area contributed by atoms with Crippen molar-refractivity contribution in [2.24, 2.45) is 17.4 Å². The van der Waals surface area contributed by atoms with E-state index < -0.39 is 0 Å². The monoisotopic (exact) mass is 164 g/mol. The van der Waals surface area contributed by atoms with Gasteiger partial charge in [-0.15, -0.1) is 12.4 Å². The summed E-state index contributed by atoms with van der Waals surface area (Å²) in [5, 5.41) is 0. The lowest BCUT2D eigenvalue weighted by atomic mass is 10.0. The maximum atomic E-state index is 10.6. The Morgan fingerprint density at radius 2 is 2.00 bits per heavy atom. The number of carbonyl (C=O) groups excluding carboxylic acids is 1. The van der Waals surface area contributed by atoms with Crippen LogP contribution in [0, 0.1) is 5.92 Å². The molecule has 0 aromatic heterocycles. The van der Waals surface area contributed by atoms with Gasteiger partial charge < -0.3 is 11.5 Å². The predicted molar refractivity (Wildman–Crippen MR) is 41.8 cm³/mol. The number of halogens is 1. The molecule has 1 amide bonds. The molecular weight excluding hydrogens is 152 g/mol. The molecule has 0 aromatic carbocycles. The summed E-state index contributed by atoms with van der Waals surface area (Å²) < 4.78 is 0. The Balaban J connectivity index is 0.000000810. The molecule has 0 bridgehead atoms. The van der Waals surface area contributed by atoms with Crippen LogP contribution in [0.5, 0.6) is 0 Å². The number of hydrogen-bond acceptors (Lipinski definition) is 2. The molecule has 1 fully saturated rings. The second kappa shape index (κ2) is 3.78. The Hall–Kier alpha value is -0.280. The van der Waals surface area contributed by atoms with Gasteiger partial charge >= 0.3 is 0 Å². The molecule has 0 unspecified atom stereocenters. The van der Waals surface area contributed by atoms with Gasteiger partial charge in [0.25, 0.3) is 0 Å². The van der Waals surface area contributed by atoms with Crippen molar-refractivity contribution in [3.8, 4) is 0 Å². The van der Waals surface area contributed by atoms with Gasteiger partial charge in [0.15, 0.2) is 0 Å². The van der Waals surface area contributed by atoms with Gasteiger partial charge in [0, 0.05) is 6.04 Å². The van der Waals surface area contributed by atoms with Gasteiger partial charge in [-0.25, -0.2) is 0 Å². The Bertz CT molecular complexity index is 129. The first-order chi connectivity index (χ1) is 4.22. The molecule has 10 heavy (non-hydrogen) atoms. The van der Waals surface area contributed by atoms with Gasteiger partial charge in [0.1, 0.15) is 0 Å². The van der Waals surface area contributed by atoms with E-state index in [2.05, 4.69) is 0 Å². The zero-order valence-electron chi connectivity index (χ0n) is 5.75. The normalized spacial score (nSPS) is 31.3. The smallest absolute Gasteiger partial charge is 0.222 e. The highest BCUT2D eigenvalue weighted by Gasteiger charge is 2.27. The minimum atomic E-state index is -0.236. The van der Waals surface area contributed by atoms with Crippen LogP contribution in [-0.4, -0.2) is 11.9 Å². The minimum Gasteiger partial charge on any atom is -0.369 e. The number of primary amides is 1. The lowest BCUT2D eigenvalue weighted by Gasteiger charge is -2.08. The first-order valence-corrected chi connectivity index (χ1v) is 3.26. The molecule has 2 atom stereocenters. The lowest BCUT2D eigenvalue weighted by molar-refractivity contribution is -0.121. The van der Waals surface area contributed by atoms with Crippen LogP contribution in [0.3, 0.4) is 0 Å². The van der Waals surface area contributed by atoms with Crippen LogP contribution in [0.4, 0.5) is 0 Å². The van der Waals surface area contributed by atoms with E-state index in [1.54, 1.807) is 0 Å². The first-order valence-electron chi connectivity index (χ1n) is 3.26. The Kier molecular flexibility index (Phi) is 3.68. The largest absolute Gasteiger partial charge is 0.369 e. The number of nitrogens with two attached hydrogens (primary N) is 2. The summed E-state index contributed by atoms with van der Waals surface area (Å²) in [6.07, 6.45) is 2.89. The van der Waals surface area contributed by atoms with E-state index in [1.165, 1.54) is 0 Å². The zero-order valence-corrected chi connectivity index (χ0v) is 6.56. The highest BCUT2D eigenvalue weighted by Crippen LogP contribution is 2.22. The average Bonchev–Trinajstić information content (AvgIpc) is 2.13. The molecule has 1 saturated carbocycles. The van der Waals surface area contributed by atoms with Crippen molar-refractivity contribution >= 4 is 18.3 Å². The molecule has 0 heterocycles. The SMILES string of the molecule is Cl.NC(=O)[C@@H]1CCC[C@@H]1N. The lowest BCUT2D eigenvalue weighted by Crippen LogP contribution is -2.34. The summed E-state index contributed by atoms with van der Waals surface area (Å²) in [6.45, 7) is 0. The predicted octanol–water partition coefficient (Wildman–Crippen LogP) is 0.0209. The number of carbonyl (C=O) groups is 1. The molecule has 1 aliphatic carbocycles. The molecule has 1 rings (SSSR count). The number of amides is 1. The summed E-state index contributed by atoms with van der Waals surface area (Å²) >= 11 is 0. The van der Waals surface area contributed by atoms with E-state index in [0.717, 1.165) is 19.3 Å². The minimum absolute atomic E-state index is 0. The van der Waals surface area contributed by atoms with Gasteiger partial charge in [0.2, 0.25) is 5.91 Å². The maximum absolute atomic E-state index is 10.6. The van der Waals surface area contributed by atoms with E-state index in [-0.39, 0.29) is 30.3 Å². The Labute approximate surface area is 66.6 Å². The van der Waals surface area contributed by atoms with Crippen LogP contribution in [0.25, 0.3) is 0 Å². The maximum Gasteiger partial charge on any atom is 0.222 e. The van der Waals surface area contributed by atoms with Crippen LogP contribution in [0.15, 0.2) is 0 Å². The highest BCUT2D eigenvalue weighted by molar-refractivity contribution is 5.85. The van der Waals surface area contributed by atoms with Gasteiger partial charge in [-0.05, 0) is 12.8 Å². The molecule has 3 nitrogen and oxygen atoms in total. The van der Waals surface area contributed by atoms with E-state index >= 15 is 0 Å². The third-order valence-corrected chi connectivity index (χ3v) is 1.93. The molecule has 0 aromatic rings. The number of rotatable bonds is 1. The van der Waals surface area contributed by atoms with Crippen LogP contribution in [-0.2, 0) is 4.79 Å². The average molecular weight is 165 g/mol. The standard InChI is InChI=1S/C6H12N2O.ClH/c7-5-3-1-2-4(5)6(8)9;/h4-5H,1-3,7H2,(H2,8,9);1H/t4-,5+;/m1./s1. The van der Waals surface area contributed by atoms with E-state index in [0.29, 0.717) is 0 Å². The zero-order chi connectivity index (χ0) is 6.85. The molecule has 60 valence electrons. The summed E-state index contributed by atoms with van der Waals surface area (Å²) in [6, 6.07) is 0.0301. The highest BCUT2D eigenvalue weighted by atomic mass is 35.5. The van der Waals surface area contributed by atoms with Gasteiger partial charge in [0.05, 0.1) is 5.92 Å². The Morgan fingerprint density at radius 3 is 2.20 bits per heavy atom. The van der Waals surface area contributed by atoms with Crippen LogP contribution in [0.2, 0.25) is 0 Å². The van der Waals surface area contributed by atoms with E-state index in [1.807, 2.05) is 0 Å². The second-order valence-electron chi connectivity index (χ2n) is 2.60. The van der Waals surface area contributed by atoms with Crippen LogP contribution >= 0.6 is 12.4 Å². The second-order valence-corrected chi connectivity index (χ2v) is 2.60. The van der Waals surface area contributed by atoms with Gasteiger partial charge in [-0.2, -0.15) is 0 Å². The van der Waals surface area contributed by atoms with Crippen LogP contribution < -0.4 is 11.5 Å². The van der Waals surface area contributed by atoms with Crippen molar-refractivity contribution in [3.63, 3.8) is 0 Å². The molecule has 0 aliphatic heterocycles. The van der Waals surface area contributed by atoms with Crippen molar-refractivity contribution in [3.05, 3.63) is 0 Å². The van der Waals surface area contributed by atoms with Crippen LogP contribution in [0.1, 0.15) is 19.3 Å². The third kappa shape index (κ3) is 1.85. The summed E-state index contributed by atoms with van der Waals surface area (Å²) in [5.41, 5.74) is 10.6. The molecule has 0 radical (unpaired) electrons. The molecule has 0 saturated heterocycles. The fourth-order valence-electron chi connectivity index (χ4n) is 1.34. The van der Waals surface area contributed by atoms with Crippen molar-refractivity contribution in [1.29, 1.82) is 0 Å². The van der Waals surface area contributed by atoms with Gasteiger partial charge in [-0.1, -0.05) is 6.42 Å². The van der Waals surface area contributed by atoms with E-state index in [9.17, 15) is 4.79 Å². The van der Waals surface area contributed by atoms with Crippen molar-refractivity contribution in [1.82, 2.24) is 0 Å². The molecular formula is C6H13ClN2O. The molecule has 4 N–H and O–H groups in total. The molecule has 1 aliphatic rings. The fourth-order valence-corrected chi connectivity index (χ4v) is 1.34. The van der Waals surface area contributed by atoms with Crippen molar-refractivity contribution in [2.45, 2.75) is 25.3 Å². The van der Waals surface area contributed by atoms with E-state index in [4.69, 9.17) is 11.5 Å². The number of hydrogen-bond donors (Lipinski definition) is 2. The third-order valence-electron chi connectivity index (χ3n) is 1.93. The topological polar surface area (TPSA) is 69.1 Å². The van der Waals surface area contributed by atoms with Crippen molar-refractivity contribution in [2.75, 3.05) is 0 Å². The molecule has 4 heteroatoms. The fraction of sp³-hybridized carbons (Fsp3) is 0.833. The summed E-state index contributed by atoms with van der Waals surface area (Å²) in [5.74, 6) is -0.287. The first kappa shape index (κ1) is 9.72. The summed E-state index contributed by atoms with van der Waals surface area (Å²) in [7, 11) is 0. The molecule has 0 spiro atoms.